The number of hydrogen-bond acceptors (Lipinski definition) is 3. The quantitative estimate of drug-likeness (QED) is 0.751. The molecule has 0 unspecified atom stereocenters. The summed E-state index contributed by atoms with van der Waals surface area (Å²) >= 11 is 6.12. The van der Waals surface area contributed by atoms with E-state index in [1.807, 2.05) is 13.1 Å². The van der Waals surface area contributed by atoms with Crippen LogP contribution >= 0.6 is 11.6 Å². The maximum Gasteiger partial charge on any atom is 0.250 e. The van der Waals surface area contributed by atoms with E-state index in [0.29, 0.717) is 11.1 Å². The fourth-order valence-electron chi connectivity index (χ4n) is 1.82. The van der Waals surface area contributed by atoms with Gasteiger partial charge in [0, 0.05) is 11.1 Å². The molecule has 0 bridgehead atoms. The Morgan fingerprint density at radius 2 is 1.48 bits per heavy atom. The molecule has 1 aliphatic carbocycles. The van der Waals surface area contributed by atoms with Crippen molar-refractivity contribution in [2.75, 3.05) is 0 Å². The number of hydrogen-bond donors (Lipinski definition) is 0. The second-order valence-corrected chi connectivity index (χ2v) is 11.8. The molecule has 1 aliphatic rings. The van der Waals surface area contributed by atoms with Gasteiger partial charge in [0.15, 0.2) is 5.76 Å². The smallest absolute Gasteiger partial charge is 0.250 e. The third-order valence-electron chi connectivity index (χ3n) is 4.18. The maximum absolute atomic E-state index is 12.6. The second-order valence-electron chi connectivity index (χ2n) is 6.71. The number of allylic oxidation sites excluding steroid dienone is 2. The minimum atomic E-state index is -2.24. The van der Waals surface area contributed by atoms with Crippen molar-refractivity contribution in [1.82, 2.24) is 0 Å². The first-order valence-corrected chi connectivity index (χ1v) is 10.1. The highest BCUT2D eigenvalue weighted by Gasteiger charge is 2.43. The van der Waals surface area contributed by atoms with E-state index >= 15 is 0 Å². The molecule has 0 amide bonds. The third-order valence-corrected chi connectivity index (χ3v) is 8.85. The molecule has 0 aromatic heterocycles. The van der Waals surface area contributed by atoms with Gasteiger partial charge in [0.05, 0.1) is 0 Å². The van der Waals surface area contributed by atoms with Crippen LogP contribution in [0.4, 0.5) is 0 Å². The summed E-state index contributed by atoms with van der Waals surface area (Å²) in [5.41, 5.74) is 0.704. The number of halogens is 1. The zero-order valence-corrected chi connectivity index (χ0v) is 14.7. The van der Waals surface area contributed by atoms with Crippen LogP contribution in [-0.4, -0.2) is 19.9 Å². The van der Waals surface area contributed by atoms with Crippen LogP contribution in [0, 0.1) is 0 Å². The van der Waals surface area contributed by atoms with Crippen molar-refractivity contribution in [3.8, 4) is 0 Å². The van der Waals surface area contributed by atoms with Crippen LogP contribution in [0.15, 0.2) is 35.1 Å². The van der Waals surface area contributed by atoms with E-state index in [1.165, 1.54) is 0 Å². The molecule has 2 rings (SSSR count). The lowest BCUT2D eigenvalue weighted by Crippen LogP contribution is -2.42. The minimum Gasteiger partial charge on any atom is -0.540 e. The van der Waals surface area contributed by atoms with Gasteiger partial charge in [0.1, 0.15) is 5.03 Å². The Labute approximate surface area is 131 Å². The molecule has 0 aliphatic heterocycles. The molecule has 0 saturated heterocycles. The summed E-state index contributed by atoms with van der Waals surface area (Å²) in [6, 6.07) is 6.69. The Balaban J connectivity index is 2.49. The number of fused-ring (bicyclic) bond motifs is 1. The van der Waals surface area contributed by atoms with E-state index in [2.05, 4.69) is 20.8 Å². The molecule has 0 spiro atoms. The SMILES string of the molecule is CC(C)(C)[Si](C)(C)OC1=C(Cl)C(=O)c2ccccc2C1=O. The minimum absolute atomic E-state index is 0.00644. The van der Waals surface area contributed by atoms with Crippen molar-refractivity contribution in [1.29, 1.82) is 0 Å². The molecule has 0 fully saturated rings. The van der Waals surface area contributed by atoms with Gasteiger partial charge in [-0.1, -0.05) is 56.6 Å². The lowest BCUT2D eigenvalue weighted by molar-refractivity contribution is 0.0938. The van der Waals surface area contributed by atoms with Gasteiger partial charge in [-0.05, 0) is 18.1 Å². The fourth-order valence-corrected chi connectivity index (χ4v) is 3.12. The van der Waals surface area contributed by atoms with Crippen molar-refractivity contribution >= 4 is 31.5 Å². The summed E-state index contributed by atoms with van der Waals surface area (Å²) in [6.45, 7) is 10.2. The Kier molecular flexibility index (Phi) is 3.89. The van der Waals surface area contributed by atoms with Crippen molar-refractivity contribution in [2.24, 2.45) is 0 Å². The Morgan fingerprint density at radius 3 is 1.95 bits per heavy atom. The molecular formula is C16H19ClO3Si. The summed E-state index contributed by atoms with van der Waals surface area (Å²) in [5.74, 6) is -0.646. The third kappa shape index (κ3) is 2.70. The van der Waals surface area contributed by atoms with Crippen LogP contribution in [0.1, 0.15) is 41.5 Å². The molecule has 0 N–H and O–H groups in total. The standard InChI is InChI=1S/C16H19ClO3Si/c1-16(2,3)21(4,5)20-15-12(17)13(18)10-8-6-7-9-11(10)14(15)19/h6-9H,1-5H3. The predicted molar refractivity (Wildman–Crippen MR) is 86.3 cm³/mol. The fraction of sp³-hybridized carbons (Fsp3) is 0.375. The van der Waals surface area contributed by atoms with Gasteiger partial charge in [0.2, 0.25) is 11.6 Å². The molecule has 1 aromatic carbocycles. The van der Waals surface area contributed by atoms with Crippen molar-refractivity contribution in [3.63, 3.8) is 0 Å². The summed E-state index contributed by atoms with van der Waals surface area (Å²) in [5, 5.41) is -0.194. The average molecular weight is 323 g/mol. The van der Waals surface area contributed by atoms with E-state index < -0.39 is 8.32 Å². The van der Waals surface area contributed by atoms with Gasteiger partial charge in [-0.3, -0.25) is 9.59 Å². The summed E-state index contributed by atoms with van der Waals surface area (Å²) in [7, 11) is -2.24. The molecule has 1 aromatic rings. The molecule has 112 valence electrons. The maximum atomic E-state index is 12.6. The van der Waals surface area contributed by atoms with Crippen LogP contribution < -0.4 is 0 Å². The van der Waals surface area contributed by atoms with Gasteiger partial charge < -0.3 is 4.43 Å². The van der Waals surface area contributed by atoms with Gasteiger partial charge in [0.25, 0.3) is 8.32 Å². The summed E-state index contributed by atoms with van der Waals surface area (Å²) in [6.07, 6.45) is 0. The van der Waals surface area contributed by atoms with E-state index in [9.17, 15) is 9.59 Å². The van der Waals surface area contributed by atoms with Crippen molar-refractivity contribution in [3.05, 3.63) is 46.2 Å². The number of benzene rings is 1. The zero-order chi connectivity index (χ0) is 16.0. The summed E-state index contributed by atoms with van der Waals surface area (Å²) < 4.78 is 6.01. The monoisotopic (exact) mass is 322 g/mol. The van der Waals surface area contributed by atoms with Crippen LogP contribution in [0.5, 0.6) is 0 Å². The average Bonchev–Trinajstić information content (AvgIpc) is 2.40. The number of Topliss-reactive ketones (excluding diaryl/α,β-unsaturated/α-hetero) is 2. The van der Waals surface area contributed by atoms with E-state index in [-0.39, 0.29) is 27.4 Å². The molecule has 0 heterocycles. The summed E-state index contributed by atoms with van der Waals surface area (Å²) in [4.78, 5) is 24.9. The lowest BCUT2D eigenvalue weighted by atomic mass is 9.94. The number of rotatable bonds is 2. The molecule has 3 nitrogen and oxygen atoms in total. The molecule has 21 heavy (non-hydrogen) atoms. The molecular weight excluding hydrogens is 304 g/mol. The zero-order valence-electron chi connectivity index (χ0n) is 12.9. The van der Waals surface area contributed by atoms with Crippen molar-refractivity contribution < 1.29 is 14.0 Å². The van der Waals surface area contributed by atoms with Crippen LogP contribution in [0.25, 0.3) is 0 Å². The van der Waals surface area contributed by atoms with Gasteiger partial charge in [-0.25, -0.2) is 0 Å². The normalized spacial score (nSPS) is 16.1. The highest BCUT2D eigenvalue weighted by atomic mass is 35.5. The van der Waals surface area contributed by atoms with Crippen LogP contribution in [-0.2, 0) is 4.43 Å². The van der Waals surface area contributed by atoms with Gasteiger partial charge in [-0.2, -0.15) is 0 Å². The predicted octanol–water partition coefficient (Wildman–Crippen LogP) is 4.54. The first kappa shape index (κ1) is 16.0. The van der Waals surface area contributed by atoms with E-state index in [1.54, 1.807) is 24.3 Å². The first-order valence-electron chi connectivity index (χ1n) is 6.83. The molecule has 0 atom stereocenters. The highest BCUT2D eigenvalue weighted by molar-refractivity contribution is 6.74. The Bertz CT molecular complexity index is 654. The van der Waals surface area contributed by atoms with E-state index in [4.69, 9.17) is 16.0 Å². The highest BCUT2D eigenvalue weighted by Crippen LogP contribution is 2.40. The Morgan fingerprint density at radius 1 is 1.00 bits per heavy atom. The number of carbonyl (C=O) groups is 2. The van der Waals surface area contributed by atoms with Gasteiger partial charge in [-0.15, -0.1) is 0 Å². The first-order chi connectivity index (χ1) is 9.56. The molecule has 0 saturated carbocycles. The molecule has 5 heteroatoms. The number of ketones is 2. The number of carbonyl (C=O) groups excluding carboxylic acids is 2. The lowest BCUT2D eigenvalue weighted by Gasteiger charge is -2.37. The largest absolute Gasteiger partial charge is 0.540 e. The topological polar surface area (TPSA) is 43.4 Å². The van der Waals surface area contributed by atoms with Crippen molar-refractivity contribution in [2.45, 2.75) is 38.9 Å². The second kappa shape index (κ2) is 5.11. The van der Waals surface area contributed by atoms with E-state index in [0.717, 1.165) is 0 Å². The van der Waals surface area contributed by atoms with Crippen LogP contribution in [0.2, 0.25) is 18.1 Å². The van der Waals surface area contributed by atoms with Crippen LogP contribution in [0.3, 0.4) is 0 Å². The Hall–Kier alpha value is -1.39. The molecule has 0 radical (unpaired) electrons. The van der Waals surface area contributed by atoms with Gasteiger partial charge >= 0.3 is 0 Å².